The molecule has 4 atom stereocenters. The van der Waals surface area contributed by atoms with E-state index in [9.17, 15) is 14.4 Å². The van der Waals surface area contributed by atoms with Crippen LogP contribution in [-0.2, 0) is 32.0 Å². The predicted octanol–water partition coefficient (Wildman–Crippen LogP) is 7.73. The van der Waals surface area contributed by atoms with Crippen LogP contribution in [0.4, 0.5) is 15.3 Å². The van der Waals surface area contributed by atoms with E-state index in [1.165, 1.54) is 7.11 Å². The van der Waals surface area contributed by atoms with Crippen LogP contribution in [0.1, 0.15) is 76.9 Å². The molecule has 4 aliphatic rings. The maximum Gasteiger partial charge on any atom is 0.410 e. The molecule has 13 nitrogen and oxygen atoms in total. The third-order valence-electron chi connectivity index (χ3n) is 11.6. The molecule has 2 N–H and O–H groups in total. The Kier molecular flexibility index (Phi) is 10.2. The number of imidazole rings is 1. The summed E-state index contributed by atoms with van der Waals surface area (Å²) in [6, 6.07) is 13.8. The van der Waals surface area contributed by atoms with Gasteiger partial charge in [-0.25, -0.2) is 14.6 Å². The molecule has 0 unspecified atom stereocenters. The smallest absolute Gasteiger partial charge is 0.410 e. The largest absolute Gasteiger partial charge is 0.488 e. The molecular weight excluding hydrogens is 725 g/mol. The van der Waals surface area contributed by atoms with E-state index in [0.717, 1.165) is 86.5 Å². The molecule has 2 fully saturated rings. The Morgan fingerprint density at radius 2 is 1.86 bits per heavy atom. The van der Waals surface area contributed by atoms with Crippen molar-refractivity contribution in [3.05, 3.63) is 65.6 Å². The molecule has 4 aliphatic heterocycles. The first-order valence-electron chi connectivity index (χ1n) is 19.9. The van der Waals surface area contributed by atoms with Crippen LogP contribution >= 0.6 is 0 Å². The zero-order chi connectivity index (χ0) is 40.2. The van der Waals surface area contributed by atoms with Gasteiger partial charge in [-0.1, -0.05) is 32.0 Å². The van der Waals surface area contributed by atoms with Crippen molar-refractivity contribution in [2.45, 2.75) is 90.6 Å². The van der Waals surface area contributed by atoms with Gasteiger partial charge in [0.2, 0.25) is 5.91 Å². The summed E-state index contributed by atoms with van der Waals surface area (Å²) in [5.74, 6) is 1.46. The van der Waals surface area contributed by atoms with Gasteiger partial charge in [0.25, 0.3) is 0 Å². The fourth-order valence-electron chi connectivity index (χ4n) is 8.85. The molecule has 0 saturated carbocycles. The molecule has 1 aromatic heterocycles. The summed E-state index contributed by atoms with van der Waals surface area (Å²) in [7, 11) is 2.98. The summed E-state index contributed by atoms with van der Waals surface area (Å²) < 4.78 is 22.5. The second kappa shape index (κ2) is 15.1. The number of ether oxygens (including phenoxy) is 4. The quantitative estimate of drug-likeness (QED) is 0.185. The Labute approximate surface area is 333 Å². The van der Waals surface area contributed by atoms with Gasteiger partial charge in [-0.15, -0.1) is 0 Å². The summed E-state index contributed by atoms with van der Waals surface area (Å²) in [6.07, 6.45) is 3.96. The molecule has 300 valence electrons. The maximum atomic E-state index is 14.1. The highest BCUT2D eigenvalue weighted by Crippen LogP contribution is 2.45. The molecule has 2 saturated heterocycles. The standard InChI is InChI=1S/C44H52N6O7/c1-24(2)39(48-42(52)55-7)41(51)50-21-25(22-54-6)15-37(50)34-18-31-30-19-38-32(17-26(30)11-13-33(31)46-34)29-12-10-27(16-28(29)23-56-38)35-20-45-40(47-35)36-9-8-14-49(36)43(53)57-44(3,4)5/h10-13,16-17,19-20,24-25,36-37,39H,8-9,14-15,18,21-23H2,1-7H3,(H,45,47)(H,48,52)/t25-,36-,37-,39-/m0/s1. The van der Waals surface area contributed by atoms with Gasteiger partial charge < -0.3 is 34.1 Å². The third-order valence-corrected chi connectivity index (χ3v) is 11.6. The second-order valence-electron chi connectivity index (χ2n) is 17.0. The van der Waals surface area contributed by atoms with Crippen LogP contribution in [0, 0.1) is 11.8 Å². The van der Waals surface area contributed by atoms with Crippen LogP contribution in [0.5, 0.6) is 5.75 Å². The van der Waals surface area contributed by atoms with Crippen molar-refractivity contribution >= 4 is 40.3 Å². The SMILES string of the molecule is COC[C@H]1C[C@@H](C2=Nc3ccc4cc5c(cc4c3C2)OCc2cc(-c3cnc([C@@H]4CCCN4C(=O)OC(C)(C)C)[nH]3)ccc2-5)N(C(=O)[C@@H](NC(=O)OC)C(C)C)C1. The normalized spacial score (nSPS) is 20.5. The first kappa shape index (κ1) is 38.4. The number of fused-ring (bicyclic) bond motifs is 6. The Morgan fingerprint density at radius 1 is 1.04 bits per heavy atom. The molecule has 0 aliphatic carbocycles. The summed E-state index contributed by atoms with van der Waals surface area (Å²) in [5.41, 5.74) is 7.51. The van der Waals surface area contributed by atoms with Gasteiger partial charge in [0.05, 0.1) is 43.4 Å². The number of amides is 3. The minimum Gasteiger partial charge on any atom is -0.488 e. The molecular formula is C44H52N6O7. The number of nitrogens with zero attached hydrogens (tertiary/aromatic N) is 4. The number of nitrogens with one attached hydrogen (secondary N) is 2. The van der Waals surface area contributed by atoms with Crippen molar-refractivity contribution in [2.75, 3.05) is 33.9 Å². The lowest BCUT2D eigenvalue weighted by atomic mass is 9.90. The van der Waals surface area contributed by atoms with Crippen LogP contribution in [0.2, 0.25) is 0 Å². The number of H-pyrrole nitrogens is 1. The van der Waals surface area contributed by atoms with E-state index < -0.39 is 17.7 Å². The minimum atomic E-state index is -0.722. The maximum absolute atomic E-state index is 14.1. The second-order valence-corrected chi connectivity index (χ2v) is 17.0. The van der Waals surface area contributed by atoms with Crippen LogP contribution in [0.15, 0.2) is 53.7 Å². The zero-order valence-electron chi connectivity index (χ0n) is 33.8. The minimum absolute atomic E-state index is 0.132. The molecule has 57 heavy (non-hydrogen) atoms. The molecule has 3 aromatic carbocycles. The number of aliphatic imine (C=N–C) groups is 1. The lowest BCUT2D eigenvalue weighted by Gasteiger charge is -2.31. The van der Waals surface area contributed by atoms with Crippen LogP contribution in [0.3, 0.4) is 0 Å². The fourth-order valence-corrected chi connectivity index (χ4v) is 8.85. The number of rotatable bonds is 8. The number of alkyl carbamates (subject to hydrolysis) is 1. The van der Waals surface area contributed by atoms with E-state index in [1.807, 2.05) is 45.7 Å². The van der Waals surface area contributed by atoms with Crippen molar-refractivity contribution in [1.82, 2.24) is 25.1 Å². The van der Waals surface area contributed by atoms with Gasteiger partial charge in [-0.05, 0) is 103 Å². The molecule has 0 spiro atoms. The number of hydrogen-bond acceptors (Lipinski definition) is 9. The molecule has 3 amide bonds. The van der Waals surface area contributed by atoms with Crippen molar-refractivity contribution in [1.29, 1.82) is 0 Å². The van der Waals surface area contributed by atoms with Crippen molar-refractivity contribution in [3.63, 3.8) is 0 Å². The van der Waals surface area contributed by atoms with Gasteiger partial charge >= 0.3 is 12.2 Å². The molecule has 0 bridgehead atoms. The van der Waals surface area contributed by atoms with E-state index in [4.69, 9.17) is 28.9 Å². The topological polar surface area (TPSA) is 148 Å². The number of hydrogen-bond donors (Lipinski definition) is 2. The molecule has 5 heterocycles. The summed E-state index contributed by atoms with van der Waals surface area (Å²) in [6.45, 7) is 11.6. The monoisotopic (exact) mass is 776 g/mol. The van der Waals surface area contributed by atoms with Gasteiger partial charge in [0, 0.05) is 43.8 Å². The highest BCUT2D eigenvalue weighted by molar-refractivity contribution is 6.06. The number of carbonyl (C=O) groups is 3. The lowest BCUT2D eigenvalue weighted by molar-refractivity contribution is -0.134. The Morgan fingerprint density at radius 3 is 2.61 bits per heavy atom. The van der Waals surface area contributed by atoms with E-state index in [-0.39, 0.29) is 35.9 Å². The lowest BCUT2D eigenvalue weighted by Crippen LogP contribution is -2.53. The zero-order valence-corrected chi connectivity index (χ0v) is 33.8. The third kappa shape index (κ3) is 7.45. The van der Waals surface area contributed by atoms with Crippen molar-refractivity contribution in [2.24, 2.45) is 16.8 Å². The highest BCUT2D eigenvalue weighted by Gasteiger charge is 2.43. The predicted molar refractivity (Wildman–Crippen MR) is 217 cm³/mol. The highest BCUT2D eigenvalue weighted by atomic mass is 16.6. The van der Waals surface area contributed by atoms with E-state index in [2.05, 4.69) is 52.8 Å². The Balaban J connectivity index is 1.03. The van der Waals surface area contributed by atoms with Gasteiger partial charge in [0.15, 0.2) is 0 Å². The Hall–Kier alpha value is -5.43. The number of methoxy groups -OCH3 is 2. The average molecular weight is 777 g/mol. The van der Waals surface area contributed by atoms with Crippen molar-refractivity contribution < 1.29 is 33.3 Å². The first-order valence-corrected chi connectivity index (χ1v) is 19.9. The summed E-state index contributed by atoms with van der Waals surface area (Å²) >= 11 is 0. The number of aromatic amines is 1. The van der Waals surface area contributed by atoms with Crippen LogP contribution < -0.4 is 10.1 Å². The molecule has 4 aromatic rings. The molecule has 0 radical (unpaired) electrons. The number of likely N-dealkylation sites (tertiary alicyclic amines) is 2. The van der Waals surface area contributed by atoms with Gasteiger partial charge in [-0.3, -0.25) is 14.7 Å². The van der Waals surface area contributed by atoms with Gasteiger partial charge in [-0.2, -0.15) is 0 Å². The van der Waals surface area contributed by atoms with Crippen LogP contribution in [-0.4, -0.2) is 95.2 Å². The molecule has 13 heteroatoms. The van der Waals surface area contributed by atoms with Gasteiger partial charge in [0.1, 0.15) is 29.8 Å². The van der Waals surface area contributed by atoms with E-state index >= 15 is 0 Å². The van der Waals surface area contributed by atoms with E-state index in [1.54, 1.807) is 12.0 Å². The van der Waals surface area contributed by atoms with E-state index in [0.29, 0.717) is 32.7 Å². The fraction of sp³-hybridized carbons (Fsp3) is 0.477. The van der Waals surface area contributed by atoms with Crippen LogP contribution in [0.25, 0.3) is 33.2 Å². The Bertz CT molecular complexity index is 2260. The summed E-state index contributed by atoms with van der Waals surface area (Å²) in [5, 5.41) is 4.93. The van der Waals surface area contributed by atoms with Crippen molar-refractivity contribution in [3.8, 4) is 28.1 Å². The first-order chi connectivity index (χ1) is 27.3. The number of carbonyl (C=O) groups excluding carboxylic acids is 3. The number of benzene rings is 3. The molecule has 8 rings (SSSR count). The average Bonchev–Trinajstić information content (AvgIpc) is 4.01. The number of aromatic nitrogens is 2. The summed E-state index contributed by atoms with van der Waals surface area (Å²) in [4.78, 5) is 56.2.